The highest BCUT2D eigenvalue weighted by molar-refractivity contribution is 5.64. The normalized spacial score (nSPS) is 10.1. The predicted molar refractivity (Wildman–Crippen MR) is 38.8 cm³/mol. The Labute approximate surface area is 59.7 Å². The Morgan fingerprint density at radius 2 is 2.30 bits per heavy atom. The first-order valence-corrected chi connectivity index (χ1v) is 3.09. The summed E-state index contributed by atoms with van der Waals surface area (Å²) in [5.41, 5.74) is 5.18. The van der Waals surface area contributed by atoms with E-state index in [0.29, 0.717) is 13.1 Å². The average Bonchev–Trinajstić information content (AvgIpc) is 1.87. The third-order valence-corrected chi connectivity index (χ3v) is 0.871. The highest BCUT2D eigenvalue weighted by Crippen LogP contribution is 1.76. The molecule has 0 rings (SSSR count). The van der Waals surface area contributed by atoms with Crippen molar-refractivity contribution in [3.8, 4) is 0 Å². The lowest BCUT2D eigenvalue weighted by Gasteiger charge is -1.91. The van der Waals surface area contributed by atoms with Crippen LogP contribution in [0.3, 0.4) is 0 Å². The van der Waals surface area contributed by atoms with Crippen LogP contribution in [-0.4, -0.2) is 24.3 Å². The van der Waals surface area contributed by atoms with Crippen LogP contribution < -0.4 is 11.1 Å². The third-order valence-electron chi connectivity index (χ3n) is 0.871. The van der Waals surface area contributed by atoms with Crippen LogP contribution in [0.5, 0.6) is 0 Å². The molecule has 58 valence electrons. The van der Waals surface area contributed by atoms with Crippen LogP contribution in [0.15, 0.2) is 12.2 Å². The van der Waals surface area contributed by atoms with Crippen molar-refractivity contribution in [1.29, 1.82) is 0 Å². The Hall–Kier alpha value is -1.03. The van der Waals surface area contributed by atoms with Gasteiger partial charge in [0, 0.05) is 6.54 Å². The van der Waals surface area contributed by atoms with E-state index in [1.807, 2.05) is 6.08 Å². The lowest BCUT2D eigenvalue weighted by molar-refractivity contribution is 0.195. The topological polar surface area (TPSA) is 75.3 Å². The molecule has 0 unspecified atom stereocenters. The number of rotatable bonds is 4. The molecule has 10 heavy (non-hydrogen) atoms. The first-order valence-electron chi connectivity index (χ1n) is 3.09. The lowest BCUT2D eigenvalue weighted by atomic mass is 10.4. The van der Waals surface area contributed by atoms with Crippen LogP contribution in [0.2, 0.25) is 0 Å². The molecular weight excluding hydrogens is 132 g/mol. The van der Waals surface area contributed by atoms with E-state index < -0.39 is 6.09 Å². The molecule has 0 atom stereocenters. The van der Waals surface area contributed by atoms with E-state index in [4.69, 9.17) is 10.8 Å². The number of hydrogen-bond acceptors (Lipinski definition) is 2. The fourth-order valence-electron chi connectivity index (χ4n) is 0.444. The Bertz CT molecular complexity index is 123. The molecule has 1 amide bonds. The van der Waals surface area contributed by atoms with E-state index in [-0.39, 0.29) is 0 Å². The predicted octanol–water partition coefficient (Wildman–Crippen LogP) is 0.159. The zero-order valence-corrected chi connectivity index (χ0v) is 5.71. The summed E-state index contributed by atoms with van der Waals surface area (Å²) >= 11 is 0. The average molecular weight is 144 g/mol. The largest absolute Gasteiger partial charge is 0.465 e. The first kappa shape index (κ1) is 8.97. The molecule has 0 aliphatic rings. The van der Waals surface area contributed by atoms with E-state index >= 15 is 0 Å². The molecule has 0 saturated heterocycles. The smallest absolute Gasteiger partial charge is 0.404 e. The minimum Gasteiger partial charge on any atom is -0.465 e. The molecule has 0 aromatic heterocycles. The van der Waals surface area contributed by atoms with Gasteiger partial charge in [-0.2, -0.15) is 0 Å². The molecular formula is C6H12N2O2. The van der Waals surface area contributed by atoms with Crippen LogP contribution in [0.25, 0.3) is 0 Å². The fourth-order valence-corrected chi connectivity index (χ4v) is 0.444. The summed E-state index contributed by atoms with van der Waals surface area (Å²) in [4.78, 5) is 9.86. The number of hydrogen-bond donors (Lipinski definition) is 3. The zero-order chi connectivity index (χ0) is 7.82. The molecule has 0 radical (unpaired) electrons. The van der Waals surface area contributed by atoms with Gasteiger partial charge in [0.2, 0.25) is 0 Å². The van der Waals surface area contributed by atoms with E-state index in [2.05, 4.69) is 5.32 Å². The van der Waals surface area contributed by atoms with Gasteiger partial charge >= 0.3 is 6.09 Å². The third kappa shape index (κ3) is 6.97. The van der Waals surface area contributed by atoms with Gasteiger partial charge in [-0.1, -0.05) is 12.2 Å². The van der Waals surface area contributed by atoms with E-state index in [1.165, 1.54) is 0 Å². The van der Waals surface area contributed by atoms with Crippen molar-refractivity contribution in [2.45, 2.75) is 6.42 Å². The first-order chi connectivity index (χ1) is 4.77. The molecule has 0 heterocycles. The molecule has 0 fully saturated rings. The van der Waals surface area contributed by atoms with Crippen molar-refractivity contribution in [2.75, 3.05) is 13.1 Å². The number of nitrogens with two attached hydrogens (primary N) is 1. The van der Waals surface area contributed by atoms with Crippen LogP contribution in [0, 0.1) is 0 Å². The second kappa shape index (κ2) is 6.10. The number of amides is 1. The molecule has 0 spiro atoms. The maximum Gasteiger partial charge on any atom is 0.404 e. The summed E-state index contributed by atoms with van der Waals surface area (Å²) in [7, 11) is 0. The number of nitrogens with one attached hydrogen (secondary N) is 1. The van der Waals surface area contributed by atoms with Gasteiger partial charge in [0.05, 0.1) is 0 Å². The maximum atomic E-state index is 9.86. The SMILES string of the molecule is NCCC=CCNC(=O)O. The molecule has 4 heteroatoms. The molecule has 0 aliphatic heterocycles. The van der Waals surface area contributed by atoms with Crippen molar-refractivity contribution in [2.24, 2.45) is 5.73 Å². The molecule has 0 aliphatic carbocycles. The van der Waals surface area contributed by atoms with Gasteiger partial charge in [-0.3, -0.25) is 0 Å². The van der Waals surface area contributed by atoms with Gasteiger partial charge in [-0.25, -0.2) is 4.79 Å². The van der Waals surface area contributed by atoms with Crippen LogP contribution in [0.1, 0.15) is 6.42 Å². The monoisotopic (exact) mass is 144 g/mol. The van der Waals surface area contributed by atoms with Crippen molar-refractivity contribution in [3.63, 3.8) is 0 Å². The van der Waals surface area contributed by atoms with Gasteiger partial charge in [0.1, 0.15) is 0 Å². The quantitative estimate of drug-likeness (QED) is 0.492. The molecule has 0 aromatic carbocycles. The van der Waals surface area contributed by atoms with Crippen LogP contribution in [0.4, 0.5) is 4.79 Å². The van der Waals surface area contributed by atoms with Crippen molar-refractivity contribution in [1.82, 2.24) is 5.32 Å². The fraction of sp³-hybridized carbons (Fsp3) is 0.500. The Balaban J connectivity index is 3.10. The second-order valence-electron chi connectivity index (χ2n) is 1.73. The highest BCUT2D eigenvalue weighted by atomic mass is 16.4. The summed E-state index contributed by atoms with van der Waals surface area (Å²) in [5.74, 6) is 0. The van der Waals surface area contributed by atoms with Gasteiger partial charge in [0.15, 0.2) is 0 Å². The van der Waals surface area contributed by atoms with Gasteiger partial charge in [-0.05, 0) is 13.0 Å². The minimum absolute atomic E-state index is 0.356. The Morgan fingerprint density at radius 1 is 1.60 bits per heavy atom. The summed E-state index contributed by atoms with van der Waals surface area (Å²) in [6.07, 6.45) is 3.37. The Morgan fingerprint density at radius 3 is 2.80 bits per heavy atom. The number of carboxylic acid groups (broad SMARTS) is 1. The number of carbonyl (C=O) groups is 1. The highest BCUT2D eigenvalue weighted by Gasteiger charge is 1.86. The van der Waals surface area contributed by atoms with E-state index in [1.54, 1.807) is 6.08 Å². The van der Waals surface area contributed by atoms with Gasteiger partial charge in [0.25, 0.3) is 0 Å². The zero-order valence-electron chi connectivity index (χ0n) is 5.71. The van der Waals surface area contributed by atoms with Gasteiger partial charge < -0.3 is 16.2 Å². The van der Waals surface area contributed by atoms with Crippen LogP contribution >= 0.6 is 0 Å². The van der Waals surface area contributed by atoms with Crippen molar-refractivity contribution < 1.29 is 9.90 Å². The second-order valence-corrected chi connectivity index (χ2v) is 1.73. The van der Waals surface area contributed by atoms with Gasteiger partial charge in [-0.15, -0.1) is 0 Å². The minimum atomic E-state index is -1.00. The molecule has 0 bridgehead atoms. The van der Waals surface area contributed by atoms with Crippen LogP contribution in [-0.2, 0) is 0 Å². The summed E-state index contributed by atoms with van der Waals surface area (Å²) in [6, 6.07) is 0. The Kier molecular flexibility index (Phi) is 5.47. The van der Waals surface area contributed by atoms with E-state index in [0.717, 1.165) is 6.42 Å². The maximum absolute atomic E-state index is 9.86. The standard InChI is InChI=1S/C6H12N2O2/c7-4-2-1-3-5-8-6(9)10/h1,3,8H,2,4-5,7H2,(H,9,10). The summed E-state index contributed by atoms with van der Waals surface area (Å²) < 4.78 is 0. The van der Waals surface area contributed by atoms with E-state index in [9.17, 15) is 4.79 Å². The van der Waals surface area contributed by atoms with Crippen molar-refractivity contribution in [3.05, 3.63) is 12.2 Å². The lowest BCUT2D eigenvalue weighted by Crippen LogP contribution is -2.20. The molecule has 4 N–H and O–H groups in total. The molecule has 0 saturated carbocycles. The molecule has 0 aromatic rings. The summed E-state index contributed by atoms with van der Waals surface area (Å²) in [6.45, 7) is 0.957. The van der Waals surface area contributed by atoms with Crippen molar-refractivity contribution >= 4 is 6.09 Å². The molecule has 4 nitrogen and oxygen atoms in total. The summed E-state index contributed by atoms with van der Waals surface area (Å²) in [5, 5.41) is 10.3.